The molecule has 0 spiro atoms. The Labute approximate surface area is 395 Å². The highest BCUT2D eigenvalue weighted by Crippen LogP contribution is 2.45. The predicted molar refractivity (Wildman–Crippen MR) is 289 cm³/mol. The van der Waals surface area contributed by atoms with Gasteiger partial charge in [0.1, 0.15) is 11.2 Å². The summed E-state index contributed by atoms with van der Waals surface area (Å²) in [7, 11) is 0. The van der Waals surface area contributed by atoms with Crippen LogP contribution >= 0.6 is 11.3 Å². The molecule has 0 amide bonds. The van der Waals surface area contributed by atoms with Crippen molar-refractivity contribution in [3.05, 3.63) is 231 Å². The Balaban J connectivity index is 0.909. The molecular formula is C63H38N4S. The monoisotopic (exact) mass is 882 g/mol. The number of fused-ring (bicyclic) bond motifs is 15. The quantitative estimate of drug-likeness (QED) is 0.156. The average Bonchev–Trinajstić information content (AvgIpc) is 3.81. The first-order valence-electron chi connectivity index (χ1n) is 23.0. The first-order valence-corrected chi connectivity index (χ1v) is 23.8. The van der Waals surface area contributed by atoms with Gasteiger partial charge >= 0.3 is 0 Å². The third-order valence-electron chi connectivity index (χ3n) is 13.8. The number of rotatable bonds is 6. The van der Waals surface area contributed by atoms with Gasteiger partial charge in [-0.2, -0.15) is 0 Å². The zero-order valence-electron chi connectivity index (χ0n) is 36.6. The summed E-state index contributed by atoms with van der Waals surface area (Å²) in [4.78, 5) is 17.4. The molecule has 0 bridgehead atoms. The molecule has 11 aromatic carbocycles. The van der Waals surface area contributed by atoms with Crippen LogP contribution in [0.25, 0.3) is 119 Å². The zero-order valence-corrected chi connectivity index (χ0v) is 37.5. The lowest BCUT2D eigenvalue weighted by Gasteiger charge is -2.26. The Morgan fingerprint density at radius 1 is 0.309 bits per heavy atom. The number of thiophene rings is 1. The first kappa shape index (κ1) is 38.5. The van der Waals surface area contributed by atoms with Gasteiger partial charge < -0.3 is 4.90 Å². The number of pyridine rings is 1. The molecule has 3 aromatic heterocycles. The second-order valence-electron chi connectivity index (χ2n) is 17.5. The molecule has 0 saturated heterocycles. The molecule has 0 aliphatic heterocycles. The number of nitrogens with zero attached hydrogens (tertiary/aromatic N) is 4. The largest absolute Gasteiger partial charge is 0.311 e. The van der Waals surface area contributed by atoms with Gasteiger partial charge in [-0.05, 0) is 135 Å². The summed E-state index contributed by atoms with van der Waals surface area (Å²) in [5.41, 5.74) is 10.8. The van der Waals surface area contributed by atoms with Crippen LogP contribution in [0.1, 0.15) is 0 Å². The summed E-state index contributed by atoms with van der Waals surface area (Å²) in [6.45, 7) is 0. The molecule has 0 N–H and O–H groups in total. The minimum absolute atomic E-state index is 0.913. The predicted octanol–water partition coefficient (Wildman–Crippen LogP) is 17.6. The molecule has 14 aromatic rings. The van der Waals surface area contributed by atoms with Gasteiger partial charge in [-0.25, -0.2) is 15.0 Å². The van der Waals surface area contributed by atoms with Crippen LogP contribution in [0.4, 0.5) is 17.1 Å². The van der Waals surface area contributed by atoms with Crippen molar-refractivity contribution in [2.45, 2.75) is 0 Å². The SMILES string of the molecule is c1ccc2c(c1)c1ccccc1c1c(-c3ccc(N(c4ccc(-c5ncnc6c5sc5ncccc56)cc4)c4ccc(-c5cccc6c7ccccc7c7ccccc7c56)cc4)cc3)cccc21. The molecule has 0 aliphatic carbocycles. The number of hydrogen-bond acceptors (Lipinski definition) is 5. The van der Waals surface area contributed by atoms with E-state index in [-0.39, 0.29) is 0 Å². The van der Waals surface area contributed by atoms with Crippen molar-refractivity contribution in [2.24, 2.45) is 0 Å². The standard InChI is InChI=1S/C63H38N4S/c1-3-14-51-47(12-1)49-16-5-7-18-53(49)58-45(20-9-22-55(51)58)39-25-31-42(32-26-39)67(44-35-29-41(30-36-44)60-62-61(66-38-65-60)57-24-11-37-64-63(57)68-62)43-33-27-40(28-34-43)46-21-10-23-56-52-15-4-2-13-48(52)50-17-6-8-19-54(50)59(46)56/h1-38H. The zero-order chi connectivity index (χ0) is 44.7. The van der Waals surface area contributed by atoms with E-state index in [0.29, 0.717) is 0 Å². The minimum Gasteiger partial charge on any atom is -0.311 e. The number of anilines is 3. The fourth-order valence-corrected chi connectivity index (χ4v) is 11.9. The highest BCUT2D eigenvalue weighted by molar-refractivity contribution is 7.25. The lowest BCUT2D eigenvalue weighted by atomic mass is 9.89. The van der Waals surface area contributed by atoms with E-state index in [1.165, 1.54) is 86.9 Å². The van der Waals surface area contributed by atoms with Crippen molar-refractivity contribution < 1.29 is 0 Å². The van der Waals surface area contributed by atoms with Crippen molar-refractivity contribution in [1.29, 1.82) is 0 Å². The van der Waals surface area contributed by atoms with Gasteiger partial charge in [0, 0.05) is 34.2 Å². The van der Waals surface area contributed by atoms with Gasteiger partial charge in [-0.15, -0.1) is 11.3 Å². The summed E-state index contributed by atoms with van der Waals surface area (Å²) in [6.07, 6.45) is 3.51. The third kappa shape index (κ3) is 5.96. The maximum Gasteiger partial charge on any atom is 0.126 e. The summed E-state index contributed by atoms with van der Waals surface area (Å²) in [6, 6.07) is 79.7. The average molecular weight is 883 g/mol. The molecule has 316 valence electrons. The van der Waals surface area contributed by atoms with Crippen molar-refractivity contribution >= 4 is 113 Å². The molecule has 5 heteroatoms. The van der Waals surface area contributed by atoms with E-state index < -0.39 is 0 Å². The van der Waals surface area contributed by atoms with E-state index in [4.69, 9.17) is 4.98 Å². The summed E-state index contributed by atoms with van der Waals surface area (Å²) < 4.78 is 1.04. The lowest BCUT2D eigenvalue weighted by Crippen LogP contribution is -2.09. The highest BCUT2D eigenvalue weighted by atomic mass is 32.1. The molecule has 0 fully saturated rings. The van der Waals surface area contributed by atoms with Gasteiger partial charge in [0.2, 0.25) is 0 Å². The topological polar surface area (TPSA) is 41.9 Å². The van der Waals surface area contributed by atoms with E-state index >= 15 is 0 Å². The smallest absolute Gasteiger partial charge is 0.126 e. The molecule has 0 unspecified atom stereocenters. The normalized spacial score (nSPS) is 11.8. The number of aromatic nitrogens is 3. The Morgan fingerprint density at radius 2 is 0.691 bits per heavy atom. The second kappa shape index (κ2) is 15.4. The molecular weight excluding hydrogens is 845 g/mol. The van der Waals surface area contributed by atoms with Crippen molar-refractivity contribution in [1.82, 2.24) is 15.0 Å². The van der Waals surface area contributed by atoms with Crippen LogP contribution in [0.5, 0.6) is 0 Å². The third-order valence-corrected chi connectivity index (χ3v) is 14.9. The van der Waals surface area contributed by atoms with E-state index in [0.717, 1.165) is 48.8 Å². The van der Waals surface area contributed by atoms with Crippen molar-refractivity contribution in [3.63, 3.8) is 0 Å². The lowest BCUT2D eigenvalue weighted by molar-refractivity contribution is 1.23. The fourth-order valence-electron chi connectivity index (χ4n) is 10.8. The van der Waals surface area contributed by atoms with Gasteiger partial charge in [0.15, 0.2) is 0 Å². The second-order valence-corrected chi connectivity index (χ2v) is 18.5. The van der Waals surface area contributed by atoms with E-state index in [9.17, 15) is 0 Å². The van der Waals surface area contributed by atoms with Crippen LogP contribution in [0.3, 0.4) is 0 Å². The van der Waals surface area contributed by atoms with Crippen LogP contribution in [0, 0.1) is 0 Å². The van der Waals surface area contributed by atoms with Gasteiger partial charge in [0.05, 0.1) is 15.9 Å². The molecule has 0 atom stereocenters. The minimum atomic E-state index is 0.913. The van der Waals surface area contributed by atoms with Crippen LogP contribution in [-0.4, -0.2) is 15.0 Å². The van der Waals surface area contributed by atoms with Crippen LogP contribution in [0.2, 0.25) is 0 Å². The van der Waals surface area contributed by atoms with Crippen LogP contribution < -0.4 is 4.90 Å². The molecule has 68 heavy (non-hydrogen) atoms. The molecule has 0 radical (unpaired) electrons. The Kier molecular flexibility index (Phi) is 8.73. The van der Waals surface area contributed by atoms with E-state index in [1.54, 1.807) is 17.7 Å². The summed E-state index contributed by atoms with van der Waals surface area (Å²) in [5.74, 6) is 0. The maximum atomic E-state index is 4.81. The Bertz CT molecular complexity index is 4020. The molecule has 3 heterocycles. The van der Waals surface area contributed by atoms with Gasteiger partial charge in [0.25, 0.3) is 0 Å². The molecule has 0 aliphatic rings. The molecule has 4 nitrogen and oxygen atoms in total. The van der Waals surface area contributed by atoms with Crippen molar-refractivity contribution in [3.8, 4) is 33.5 Å². The highest BCUT2D eigenvalue weighted by Gasteiger charge is 2.19. The summed E-state index contributed by atoms with van der Waals surface area (Å²) in [5, 5.41) is 16.3. The Hall–Kier alpha value is -8.77. The molecule has 14 rings (SSSR count). The fraction of sp³-hybridized carbons (Fsp3) is 0. The van der Waals surface area contributed by atoms with Crippen LogP contribution in [0.15, 0.2) is 231 Å². The number of hydrogen-bond donors (Lipinski definition) is 0. The Morgan fingerprint density at radius 3 is 1.15 bits per heavy atom. The van der Waals surface area contributed by atoms with Crippen molar-refractivity contribution in [2.75, 3.05) is 4.90 Å². The van der Waals surface area contributed by atoms with Gasteiger partial charge in [-0.1, -0.05) is 170 Å². The maximum absolute atomic E-state index is 4.81. The first-order chi connectivity index (χ1) is 33.7. The van der Waals surface area contributed by atoms with E-state index in [2.05, 4.69) is 227 Å². The van der Waals surface area contributed by atoms with E-state index in [1.807, 2.05) is 12.3 Å². The molecule has 0 saturated carbocycles. The summed E-state index contributed by atoms with van der Waals surface area (Å²) >= 11 is 1.64. The number of benzene rings is 11. The van der Waals surface area contributed by atoms with Gasteiger partial charge in [-0.3, -0.25) is 0 Å². The van der Waals surface area contributed by atoms with Crippen LogP contribution in [-0.2, 0) is 0 Å².